The number of nitrogens with one attached hydrogen (secondary N) is 1. The van der Waals surface area contributed by atoms with Crippen molar-refractivity contribution in [2.45, 2.75) is 12.5 Å². The van der Waals surface area contributed by atoms with Gasteiger partial charge in [-0.05, 0) is 0 Å². The Labute approximate surface area is 80.1 Å². The summed E-state index contributed by atoms with van der Waals surface area (Å²) in [7, 11) is 0. The van der Waals surface area contributed by atoms with E-state index in [1.54, 1.807) is 0 Å². The molecule has 0 aliphatic rings. The van der Waals surface area contributed by atoms with Crippen LogP contribution in [0.2, 0.25) is 0 Å². The Morgan fingerprint density at radius 1 is 1.64 bits per heavy atom. The first-order chi connectivity index (χ1) is 6.65. The van der Waals surface area contributed by atoms with Crippen LogP contribution in [0.15, 0.2) is 12.4 Å². The van der Waals surface area contributed by atoms with Gasteiger partial charge in [0, 0.05) is 18.8 Å². The first kappa shape index (κ1) is 10.6. The van der Waals surface area contributed by atoms with Gasteiger partial charge in [0.2, 0.25) is 0 Å². The predicted molar refractivity (Wildman–Crippen MR) is 47.6 cm³/mol. The summed E-state index contributed by atoms with van der Waals surface area (Å²) in [5.74, 6) is -0.722. The van der Waals surface area contributed by atoms with Gasteiger partial charge >= 0.3 is 0 Å². The Bertz CT molecular complexity index is 321. The number of carbonyl (C=O) groups excluding carboxylic acids is 2. The van der Waals surface area contributed by atoms with Crippen LogP contribution in [-0.2, 0) is 4.79 Å². The van der Waals surface area contributed by atoms with Crippen LogP contribution >= 0.6 is 0 Å². The maximum absolute atomic E-state index is 11.3. The Morgan fingerprint density at radius 3 is 2.86 bits per heavy atom. The highest BCUT2D eigenvalue weighted by Crippen LogP contribution is 1.99. The van der Waals surface area contributed by atoms with Crippen LogP contribution in [-0.4, -0.2) is 39.3 Å². The fraction of sp³-hybridized carbons (Fsp3) is 0.375. The number of nitrogens with zero attached hydrogens (tertiary/aromatic N) is 1. The molecule has 4 N–H and O–H groups in total. The number of Topliss-reactive ketones (excluding diaryl/α,β-unsaturated/α-hetero) is 2. The van der Waals surface area contributed by atoms with Crippen molar-refractivity contribution in [3.8, 4) is 0 Å². The van der Waals surface area contributed by atoms with E-state index in [-0.39, 0.29) is 18.0 Å². The van der Waals surface area contributed by atoms with Gasteiger partial charge < -0.3 is 15.8 Å². The van der Waals surface area contributed by atoms with Gasteiger partial charge in [-0.25, -0.2) is 4.98 Å². The second-order valence-corrected chi connectivity index (χ2v) is 2.80. The SMILES string of the molecule is NC(CC(=O)c1ncc[nH]1)C(=O)CO. The Hall–Kier alpha value is -1.53. The summed E-state index contributed by atoms with van der Waals surface area (Å²) >= 11 is 0. The van der Waals surface area contributed by atoms with E-state index in [4.69, 9.17) is 10.8 Å². The van der Waals surface area contributed by atoms with Crippen molar-refractivity contribution in [3.05, 3.63) is 18.2 Å². The van der Waals surface area contributed by atoms with Gasteiger partial charge in [0.1, 0.15) is 6.61 Å². The fourth-order valence-electron chi connectivity index (χ4n) is 0.945. The minimum Gasteiger partial charge on any atom is -0.389 e. The van der Waals surface area contributed by atoms with Gasteiger partial charge in [-0.1, -0.05) is 0 Å². The number of hydrogen-bond donors (Lipinski definition) is 3. The topological polar surface area (TPSA) is 109 Å². The van der Waals surface area contributed by atoms with Crippen LogP contribution in [0.5, 0.6) is 0 Å². The lowest BCUT2D eigenvalue weighted by molar-refractivity contribution is -0.122. The highest BCUT2D eigenvalue weighted by atomic mass is 16.3. The number of hydrogen-bond acceptors (Lipinski definition) is 5. The Kier molecular flexibility index (Phi) is 3.49. The molecule has 1 aromatic rings. The summed E-state index contributed by atoms with van der Waals surface area (Å²) in [5.41, 5.74) is 5.36. The molecule has 0 aliphatic heterocycles. The smallest absolute Gasteiger partial charge is 0.200 e. The molecule has 0 fully saturated rings. The summed E-state index contributed by atoms with van der Waals surface area (Å²) in [6.45, 7) is -0.646. The van der Waals surface area contributed by atoms with Crippen molar-refractivity contribution in [1.29, 1.82) is 0 Å². The highest BCUT2D eigenvalue weighted by Gasteiger charge is 2.18. The zero-order valence-electron chi connectivity index (χ0n) is 7.43. The Morgan fingerprint density at radius 2 is 2.36 bits per heavy atom. The standard InChI is InChI=1S/C8H11N3O3/c9-5(7(14)4-12)3-6(13)8-10-1-2-11-8/h1-2,5,12H,3-4,9H2,(H,10,11). The van der Waals surface area contributed by atoms with Gasteiger partial charge in [-0.15, -0.1) is 0 Å². The number of aromatic nitrogens is 2. The van der Waals surface area contributed by atoms with E-state index in [2.05, 4.69) is 9.97 Å². The summed E-state index contributed by atoms with van der Waals surface area (Å²) in [5, 5.41) is 8.48. The summed E-state index contributed by atoms with van der Waals surface area (Å²) in [6.07, 6.45) is 2.80. The molecule has 6 heteroatoms. The molecule has 0 saturated heterocycles. The van der Waals surface area contributed by atoms with Crippen LogP contribution in [0.25, 0.3) is 0 Å². The number of nitrogens with two attached hydrogens (primary N) is 1. The molecule has 0 bridgehead atoms. The zero-order chi connectivity index (χ0) is 10.6. The molecular formula is C8H11N3O3. The van der Waals surface area contributed by atoms with Crippen molar-refractivity contribution in [2.24, 2.45) is 5.73 Å². The summed E-state index contributed by atoms with van der Waals surface area (Å²) in [6, 6.07) is -0.961. The number of carbonyl (C=O) groups is 2. The molecule has 0 radical (unpaired) electrons. The van der Waals surface area contributed by atoms with Gasteiger partial charge in [-0.3, -0.25) is 9.59 Å². The lowest BCUT2D eigenvalue weighted by atomic mass is 10.1. The number of ketones is 2. The highest BCUT2D eigenvalue weighted by molar-refractivity contribution is 5.97. The molecule has 0 saturated carbocycles. The molecule has 0 spiro atoms. The number of imidazole rings is 1. The summed E-state index contributed by atoms with van der Waals surface area (Å²) in [4.78, 5) is 28.5. The second kappa shape index (κ2) is 4.64. The monoisotopic (exact) mass is 197 g/mol. The lowest BCUT2D eigenvalue weighted by Gasteiger charge is -2.05. The number of aliphatic hydroxyl groups excluding tert-OH is 1. The molecule has 1 aromatic heterocycles. The van der Waals surface area contributed by atoms with Gasteiger partial charge in [-0.2, -0.15) is 0 Å². The van der Waals surface area contributed by atoms with E-state index in [0.717, 1.165) is 0 Å². The van der Waals surface area contributed by atoms with Gasteiger partial charge in [0.05, 0.1) is 6.04 Å². The van der Waals surface area contributed by atoms with Crippen molar-refractivity contribution in [3.63, 3.8) is 0 Å². The minimum absolute atomic E-state index is 0.146. The van der Waals surface area contributed by atoms with Crippen molar-refractivity contribution in [2.75, 3.05) is 6.61 Å². The van der Waals surface area contributed by atoms with Gasteiger partial charge in [0.15, 0.2) is 17.4 Å². The molecule has 76 valence electrons. The van der Waals surface area contributed by atoms with Crippen LogP contribution in [0.4, 0.5) is 0 Å². The Balaban J connectivity index is 2.53. The van der Waals surface area contributed by atoms with E-state index in [9.17, 15) is 9.59 Å². The quantitative estimate of drug-likeness (QED) is 0.517. The molecule has 1 heterocycles. The summed E-state index contributed by atoms with van der Waals surface area (Å²) < 4.78 is 0. The third-order valence-electron chi connectivity index (χ3n) is 1.74. The van der Waals surface area contributed by atoms with Crippen LogP contribution < -0.4 is 5.73 Å². The van der Waals surface area contributed by atoms with E-state index >= 15 is 0 Å². The number of aliphatic hydroxyl groups is 1. The molecule has 1 rings (SSSR count). The van der Waals surface area contributed by atoms with Gasteiger partial charge in [0.25, 0.3) is 0 Å². The molecule has 1 unspecified atom stereocenters. The van der Waals surface area contributed by atoms with Crippen molar-refractivity contribution < 1.29 is 14.7 Å². The third kappa shape index (κ3) is 2.48. The second-order valence-electron chi connectivity index (χ2n) is 2.80. The number of rotatable bonds is 5. The zero-order valence-corrected chi connectivity index (χ0v) is 7.43. The van der Waals surface area contributed by atoms with Crippen molar-refractivity contribution in [1.82, 2.24) is 9.97 Å². The van der Waals surface area contributed by atoms with Crippen LogP contribution in [0.3, 0.4) is 0 Å². The third-order valence-corrected chi connectivity index (χ3v) is 1.74. The largest absolute Gasteiger partial charge is 0.389 e. The maximum Gasteiger partial charge on any atom is 0.200 e. The predicted octanol–water partition coefficient (Wildman–Crippen LogP) is -1.13. The maximum atomic E-state index is 11.3. The van der Waals surface area contributed by atoms with E-state index in [1.165, 1.54) is 12.4 Å². The molecule has 14 heavy (non-hydrogen) atoms. The normalized spacial score (nSPS) is 12.4. The lowest BCUT2D eigenvalue weighted by Crippen LogP contribution is -2.35. The minimum atomic E-state index is -0.961. The average Bonchev–Trinajstić information content (AvgIpc) is 2.69. The first-order valence-electron chi connectivity index (χ1n) is 4.07. The van der Waals surface area contributed by atoms with E-state index < -0.39 is 18.4 Å². The number of aromatic amines is 1. The van der Waals surface area contributed by atoms with Crippen LogP contribution in [0.1, 0.15) is 17.0 Å². The number of H-pyrrole nitrogens is 1. The molecule has 1 atom stereocenters. The fourth-order valence-corrected chi connectivity index (χ4v) is 0.945. The van der Waals surface area contributed by atoms with E-state index in [0.29, 0.717) is 0 Å². The van der Waals surface area contributed by atoms with Crippen LogP contribution in [0, 0.1) is 0 Å². The molecule has 6 nitrogen and oxygen atoms in total. The molecule has 0 aliphatic carbocycles. The molecular weight excluding hydrogens is 186 g/mol. The van der Waals surface area contributed by atoms with E-state index in [1.807, 2.05) is 0 Å². The first-order valence-corrected chi connectivity index (χ1v) is 4.07. The molecule has 0 aromatic carbocycles. The van der Waals surface area contributed by atoms with Crippen molar-refractivity contribution >= 4 is 11.6 Å². The average molecular weight is 197 g/mol. The molecule has 0 amide bonds.